The summed E-state index contributed by atoms with van der Waals surface area (Å²) in [4.78, 5) is 4.60. The number of nitrogens with zero attached hydrogens (tertiary/aromatic N) is 2. The van der Waals surface area contributed by atoms with E-state index in [9.17, 15) is 0 Å². The number of fused-ring (bicyclic) bond motifs is 3. The molecule has 0 saturated carbocycles. The molecule has 0 aliphatic carbocycles. The Kier molecular flexibility index (Phi) is 1.29. The van der Waals surface area contributed by atoms with Gasteiger partial charge in [-0.15, -0.1) is 0 Å². The third kappa shape index (κ3) is 0.916. The fraction of sp³-hybridized carbons (Fsp3) is 0.364. The molecule has 0 spiro atoms. The number of hydrogen-bond acceptors (Lipinski definition) is 1. The summed E-state index contributed by atoms with van der Waals surface area (Å²) in [5, 5.41) is 0. The van der Waals surface area contributed by atoms with E-state index in [4.69, 9.17) is 0 Å². The molecule has 0 saturated heterocycles. The van der Waals surface area contributed by atoms with Crippen LogP contribution in [-0.2, 0) is 13.0 Å². The molecule has 1 aliphatic rings. The summed E-state index contributed by atoms with van der Waals surface area (Å²) in [7, 11) is 0. The van der Waals surface area contributed by atoms with E-state index < -0.39 is 0 Å². The molecule has 0 radical (unpaired) electrons. The zero-order valence-electron chi connectivity index (χ0n) is 7.75. The van der Waals surface area contributed by atoms with Gasteiger partial charge in [-0.1, -0.05) is 6.07 Å². The number of imidazole rings is 1. The van der Waals surface area contributed by atoms with Crippen LogP contribution >= 0.6 is 0 Å². The number of benzene rings is 1. The second-order valence-electron chi connectivity index (χ2n) is 3.78. The van der Waals surface area contributed by atoms with Gasteiger partial charge in [0.05, 0.1) is 11.0 Å². The molecule has 2 heterocycles. The zero-order chi connectivity index (χ0) is 8.84. The van der Waals surface area contributed by atoms with Crippen LogP contribution in [0.15, 0.2) is 18.2 Å². The molecule has 13 heavy (non-hydrogen) atoms. The first-order valence-electron chi connectivity index (χ1n) is 4.80. The van der Waals surface area contributed by atoms with Gasteiger partial charge in [-0.05, 0) is 31.0 Å². The first-order chi connectivity index (χ1) is 6.34. The highest BCUT2D eigenvalue weighted by molar-refractivity contribution is 5.77. The summed E-state index contributed by atoms with van der Waals surface area (Å²) in [5.74, 6) is 1.26. The Hall–Kier alpha value is -1.31. The van der Waals surface area contributed by atoms with E-state index in [-0.39, 0.29) is 0 Å². The average Bonchev–Trinajstić information content (AvgIpc) is 2.64. The van der Waals surface area contributed by atoms with E-state index in [1.165, 1.54) is 23.3 Å². The highest BCUT2D eigenvalue weighted by Gasteiger charge is 2.15. The Labute approximate surface area is 77.2 Å². The summed E-state index contributed by atoms with van der Waals surface area (Å²) in [6, 6.07) is 6.48. The van der Waals surface area contributed by atoms with Crippen molar-refractivity contribution >= 4 is 11.0 Å². The van der Waals surface area contributed by atoms with E-state index in [0.717, 1.165) is 18.5 Å². The van der Waals surface area contributed by atoms with Gasteiger partial charge in [0.25, 0.3) is 0 Å². The predicted molar refractivity (Wildman–Crippen MR) is 52.8 cm³/mol. The van der Waals surface area contributed by atoms with Crippen LogP contribution in [0.2, 0.25) is 0 Å². The predicted octanol–water partition coefficient (Wildman–Crippen LogP) is 2.29. The lowest BCUT2D eigenvalue weighted by molar-refractivity contribution is 0.771. The maximum Gasteiger partial charge on any atom is 0.109 e. The molecule has 1 aliphatic heterocycles. The molecule has 1 aromatic heterocycles. The molecular formula is C11H12N2. The van der Waals surface area contributed by atoms with Gasteiger partial charge in [0, 0.05) is 13.0 Å². The van der Waals surface area contributed by atoms with E-state index in [0.29, 0.717) is 0 Å². The topological polar surface area (TPSA) is 17.8 Å². The molecule has 2 nitrogen and oxygen atoms in total. The van der Waals surface area contributed by atoms with Gasteiger partial charge in [-0.25, -0.2) is 4.98 Å². The van der Waals surface area contributed by atoms with Crippen molar-refractivity contribution in [2.75, 3.05) is 0 Å². The maximum atomic E-state index is 4.60. The lowest BCUT2D eigenvalue weighted by atomic mass is 10.2. The molecule has 0 bridgehead atoms. The maximum absolute atomic E-state index is 4.60. The van der Waals surface area contributed by atoms with Gasteiger partial charge in [-0.2, -0.15) is 0 Å². The molecule has 2 aromatic rings. The quantitative estimate of drug-likeness (QED) is 0.596. The van der Waals surface area contributed by atoms with Crippen LogP contribution in [0.3, 0.4) is 0 Å². The van der Waals surface area contributed by atoms with E-state index in [1.807, 2.05) is 0 Å². The minimum absolute atomic E-state index is 1.15. The Morgan fingerprint density at radius 3 is 3.23 bits per heavy atom. The average molecular weight is 172 g/mol. The summed E-state index contributed by atoms with van der Waals surface area (Å²) in [5.41, 5.74) is 3.79. The first kappa shape index (κ1) is 7.13. The lowest BCUT2D eigenvalue weighted by Gasteiger charge is -1.98. The molecule has 1 aromatic carbocycles. The van der Waals surface area contributed by atoms with Gasteiger partial charge in [0.1, 0.15) is 5.82 Å². The minimum atomic E-state index is 1.15. The van der Waals surface area contributed by atoms with Gasteiger partial charge >= 0.3 is 0 Å². The Balaban J connectivity index is 2.40. The van der Waals surface area contributed by atoms with Crippen molar-refractivity contribution in [3.8, 4) is 0 Å². The normalized spacial score (nSPS) is 15.2. The lowest BCUT2D eigenvalue weighted by Crippen LogP contribution is -1.91. The molecular weight excluding hydrogens is 160 g/mol. The van der Waals surface area contributed by atoms with Crippen molar-refractivity contribution in [1.29, 1.82) is 0 Å². The third-order valence-corrected chi connectivity index (χ3v) is 2.76. The standard InChI is InChI=1S/C11H12N2/c1-8-4-5-9-10(7-8)13-6-2-3-11(13)12-9/h4-5,7H,2-3,6H2,1H3. The Bertz CT molecular complexity index is 468. The highest BCUT2D eigenvalue weighted by atomic mass is 15.1. The van der Waals surface area contributed by atoms with Gasteiger partial charge in [0.15, 0.2) is 0 Å². The zero-order valence-corrected chi connectivity index (χ0v) is 7.75. The molecule has 2 heteroatoms. The van der Waals surface area contributed by atoms with Crippen molar-refractivity contribution < 1.29 is 0 Å². The van der Waals surface area contributed by atoms with E-state index >= 15 is 0 Å². The van der Waals surface area contributed by atoms with E-state index in [2.05, 4.69) is 34.7 Å². The molecule has 0 fully saturated rings. The smallest absolute Gasteiger partial charge is 0.109 e. The fourth-order valence-electron chi connectivity index (χ4n) is 2.12. The Morgan fingerprint density at radius 1 is 1.38 bits per heavy atom. The van der Waals surface area contributed by atoms with Crippen LogP contribution < -0.4 is 0 Å². The number of rotatable bonds is 0. The molecule has 0 unspecified atom stereocenters. The summed E-state index contributed by atoms with van der Waals surface area (Å²) < 4.78 is 2.35. The van der Waals surface area contributed by atoms with Crippen LogP contribution in [0.25, 0.3) is 11.0 Å². The number of aryl methyl sites for hydroxylation is 3. The largest absolute Gasteiger partial charge is 0.328 e. The SMILES string of the molecule is Cc1ccc2nc3n(c2c1)CCC3. The van der Waals surface area contributed by atoms with Crippen LogP contribution in [-0.4, -0.2) is 9.55 Å². The number of hydrogen-bond donors (Lipinski definition) is 0. The number of aromatic nitrogens is 2. The van der Waals surface area contributed by atoms with Crippen molar-refractivity contribution in [2.24, 2.45) is 0 Å². The molecule has 3 rings (SSSR count). The van der Waals surface area contributed by atoms with Crippen molar-refractivity contribution in [2.45, 2.75) is 26.3 Å². The summed E-state index contributed by atoms with van der Waals surface area (Å²) in [6.07, 6.45) is 2.40. The van der Waals surface area contributed by atoms with Crippen LogP contribution in [0, 0.1) is 6.92 Å². The minimum Gasteiger partial charge on any atom is -0.328 e. The van der Waals surface area contributed by atoms with Crippen molar-refractivity contribution in [1.82, 2.24) is 9.55 Å². The van der Waals surface area contributed by atoms with Gasteiger partial charge in [0.2, 0.25) is 0 Å². The van der Waals surface area contributed by atoms with Gasteiger partial charge < -0.3 is 4.57 Å². The molecule has 0 amide bonds. The van der Waals surface area contributed by atoms with Gasteiger partial charge in [-0.3, -0.25) is 0 Å². The van der Waals surface area contributed by atoms with Crippen LogP contribution in [0.5, 0.6) is 0 Å². The molecule has 0 atom stereocenters. The third-order valence-electron chi connectivity index (χ3n) is 2.76. The molecule has 0 N–H and O–H groups in total. The van der Waals surface area contributed by atoms with E-state index in [1.54, 1.807) is 0 Å². The van der Waals surface area contributed by atoms with Crippen molar-refractivity contribution in [3.05, 3.63) is 29.6 Å². The fourth-order valence-corrected chi connectivity index (χ4v) is 2.12. The van der Waals surface area contributed by atoms with Crippen LogP contribution in [0.4, 0.5) is 0 Å². The first-order valence-corrected chi connectivity index (χ1v) is 4.80. The monoisotopic (exact) mass is 172 g/mol. The molecule has 66 valence electrons. The summed E-state index contributed by atoms with van der Waals surface area (Å²) in [6.45, 7) is 3.28. The Morgan fingerprint density at radius 2 is 2.31 bits per heavy atom. The second-order valence-corrected chi connectivity index (χ2v) is 3.78. The van der Waals surface area contributed by atoms with Crippen molar-refractivity contribution in [3.63, 3.8) is 0 Å². The highest BCUT2D eigenvalue weighted by Crippen LogP contribution is 2.23. The summed E-state index contributed by atoms with van der Waals surface area (Å²) >= 11 is 0. The second kappa shape index (κ2) is 2.34. The van der Waals surface area contributed by atoms with Crippen LogP contribution in [0.1, 0.15) is 17.8 Å².